The lowest BCUT2D eigenvalue weighted by atomic mass is 10.1. The zero-order chi connectivity index (χ0) is 12.8. The molecule has 0 N–H and O–H groups in total. The van der Waals surface area contributed by atoms with Crippen molar-refractivity contribution in [3.05, 3.63) is 42.1 Å². The van der Waals surface area contributed by atoms with E-state index in [0.717, 1.165) is 16.6 Å². The Bertz CT molecular complexity index is 527. The summed E-state index contributed by atoms with van der Waals surface area (Å²) in [7, 11) is 0. The summed E-state index contributed by atoms with van der Waals surface area (Å²) in [5.74, 6) is 0. The van der Waals surface area contributed by atoms with Gasteiger partial charge in [-0.05, 0) is 19.1 Å². The van der Waals surface area contributed by atoms with Crippen LogP contribution >= 0.6 is 0 Å². The summed E-state index contributed by atoms with van der Waals surface area (Å²) in [6.07, 6.45) is -0.134. The first kappa shape index (κ1) is 12.5. The van der Waals surface area contributed by atoms with Crippen molar-refractivity contribution in [2.45, 2.75) is 13.0 Å². The quantitative estimate of drug-likeness (QED) is 0.732. The zero-order valence-electron chi connectivity index (χ0n) is 10.1. The Morgan fingerprint density at radius 1 is 1.22 bits per heavy atom. The van der Waals surface area contributed by atoms with E-state index in [1.807, 2.05) is 43.3 Å². The highest BCUT2D eigenvalue weighted by molar-refractivity contribution is 5.78. The summed E-state index contributed by atoms with van der Waals surface area (Å²) in [4.78, 5) is 14.4. The summed E-state index contributed by atoms with van der Waals surface area (Å²) in [5, 5.41) is 1.10. The number of hydrogen-bond donors (Lipinski definition) is 0. The van der Waals surface area contributed by atoms with Crippen molar-refractivity contribution >= 4 is 17.4 Å². The molecule has 1 unspecified atom stereocenters. The first-order valence-corrected chi connectivity index (χ1v) is 5.77. The van der Waals surface area contributed by atoms with Crippen molar-refractivity contribution in [3.63, 3.8) is 0 Å². The first-order valence-electron chi connectivity index (χ1n) is 5.77. The fourth-order valence-corrected chi connectivity index (χ4v) is 1.70. The Labute approximate surface area is 106 Å². The van der Waals surface area contributed by atoms with Gasteiger partial charge in [-0.25, -0.2) is 4.79 Å². The second-order valence-corrected chi connectivity index (χ2v) is 3.87. The van der Waals surface area contributed by atoms with Crippen LogP contribution in [0.25, 0.3) is 10.9 Å². The molecule has 0 saturated heterocycles. The van der Waals surface area contributed by atoms with E-state index in [4.69, 9.17) is 4.74 Å². The standard InChI is InChI=1S/C14H14NO3/c1-11(18-9-8-17-10-16)13-7-6-12-4-2-3-5-14(12)15-13/h2-7,11H,8-9H2,1H3. The predicted octanol–water partition coefficient (Wildman–Crippen LogP) is 2.40. The maximum atomic E-state index is 9.85. The molecule has 0 fully saturated rings. The Morgan fingerprint density at radius 2 is 2.06 bits per heavy atom. The first-order chi connectivity index (χ1) is 8.81. The van der Waals surface area contributed by atoms with Crippen LogP contribution in [-0.2, 0) is 14.3 Å². The van der Waals surface area contributed by atoms with E-state index in [9.17, 15) is 4.79 Å². The molecule has 0 aliphatic carbocycles. The summed E-state index contributed by atoms with van der Waals surface area (Å²) >= 11 is 0. The molecule has 2 aromatic rings. The van der Waals surface area contributed by atoms with Gasteiger partial charge in [0, 0.05) is 5.39 Å². The van der Waals surface area contributed by atoms with Crippen LogP contribution < -0.4 is 0 Å². The molecule has 0 spiro atoms. The molecular weight excluding hydrogens is 230 g/mol. The maximum absolute atomic E-state index is 9.85. The number of fused-ring (bicyclic) bond motifs is 1. The molecule has 0 saturated carbocycles. The van der Waals surface area contributed by atoms with Gasteiger partial charge in [0.1, 0.15) is 6.61 Å². The fraction of sp³-hybridized carbons (Fsp3) is 0.286. The SMILES string of the molecule is CC(OCCO[C]=O)c1ccc2ccccc2n1. The number of ether oxygens (including phenoxy) is 2. The fourth-order valence-electron chi connectivity index (χ4n) is 1.70. The predicted molar refractivity (Wildman–Crippen MR) is 67.8 cm³/mol. The topological polar surface area (TPSA) is 48.4 Å². The molecule has 1 radical (unpaired) electrons. The highest BCUT2D eigenvalue weighted by atomic mass is 16.5. The van der Waals surface area contributed by atoms with E-state index in [2.05, 4.69) is 9.72 Å². The number of nitrogens with zero attached hydrogens (tertiary/aromatic N) is 1. The molecular formula is C14H14NO3. The second-order valence-electron chi connectivity index (χ2n) is 3.87. The molecule has 1 aromatic heterocycles. The minimum absolute atomic E-state index is 0.134. The Balaban J connectivity index is 2.03. The average molecular weight is 244 g/mol. The number of carbonyl (C=O) groups excluding carboxylic acids is 1. The zero-order valence-corrected chi connectivity index (χ0v) is 10.1. The van der Waals surface area contributed by atoms with Gasteiger partial charge in [0.05, 0.1) is 23.9 Å². The van der Waals surface area contributed by atoms with Crippen molar-refractivity contribution in [1.29, 1.82) is 0 Å². The van der Waals surface area contributed by atoms with Crippen LogP contribution in [0.4, 0.5) is 0 Å². The van der Waals surface area contributed by atoms with Gasteiger partial charge >= 0.3 is 6.47 Å². The van der Waals surface area contributed by atoms with Gasteiger partial charge in [0.25, 0.3) is 0 Å². The Hall–Kier alpha value is -1.94. The van der Waals surface area contributed by atoms with Gasteiger partial charge in [-0.2, -0.15) is 0 Å². The van der Waals surface area contributed by atoms with Crippen LogP contribution in [0.2, 0.25) is 0 Å². The Kier molecular flexibility index (Phi) is 4.25. The molecule has 0 aliphatic rings. The largest absolute Gasteiger partial charge is 0.455 e. The van der Waals surface area contributed by atoms with E-state index in [0.29, 0.717) is 6.61 Å². The summed E-state index contributed by atoms with van der Waals surface area (Å²) in [5.41, 5.74) is 1.81. The van der Waals surface area contributed by atoms with Crippen molar-refractivity contribution in [2.24, 2.45) is 0 Å². The average Bonchev–Trinajstić information content (AvgIpc) is 2.43. The monoisotopic (exact) mass is 244 g/mol. The van der Waals surface area contributed by atoms with Crippen molar-refractivity contribution < 1.29 is 14.3 Å². The van der Waals surface area contributed by atoms with Gasteiger partial charge in [-0.15, -0.1) is 0 Å². The van der Waals surface area contributed by atoms with Gasteiger partial charge in [0.15, 0.2) is 0 Å². The molecule has 18 heavy (non-hydrogen) atoms. The van der Waals surface area contributed by atoms with E-state index < -0.39 is 0 Å². The normalized spacial score (nSPS) is 12.3. The molecule has 4 heteroatoms. The van der Waals surface area contributed by atoms with Gasteiger partial charge < -0.3 is 9.47 Å². The molecule has 1 atom stereocenters. The van der Waals surface area contributed by atoms with Crippen LogP contribution in [0.3, 0.4) is 0 Å². The third-order valence-electron chi connectivity index (χ3n) is 2.65. The van der Waals surface area contributed by atoms with Gasteiger partial charge in [-0.3, -0.25) is 4.98 Å². The van der Waals surface area contributed by atoms with E-state index in [1.165, 1.54) is 6.47 Å². The van der Waals surface area contributed by atoms with Crippen LogP contribution in [0.1, 0.15) is 18.7 Å². The number of benzene rings is 1. The number of rotatable bonds is 6. The van der Waals surface area contributed by atoms with Crippen LogP contribution in [-0.4, -0.2) is 24.7 Å². The van der Waals surface area contributed by atoms with Crippen LogP contribution in [0.5, 0.6) is 0 Å². The number of aromatic nitrogens is 1. The second kappa shape index (κ2) is 6.12. The molecule has 4 nitrogen and oxygen atoms in total. The number of pyridine rings is 1. The molecule has 2 rings (SSSR count). The third kappa shape index (κ3) is 3.05. The molecule has 0 amide bonds. The van der Waals surface area contributed by atoms with Crippen molar-refractivity contribution in [2.75, 3.05) is 13.2 Å². The highest BCUT2D eigenvalue weighted by Crippen LogP contribution is 2.18. The summed E-state index contributed by atoms with van der Waals surface area (Å²) in [6.45, 7) is 3.83. The van der Waals surface area contributed by atoms with E-state index in [-0.39, 0.29) is 12.7 Å². The Morgan fingerprint density at radius 3 is 2.89 bits per heavy atom. The third-order valence-corrected chi connectivity index (χ3v) is 2.65. The number of para-hydroxylation sites is 1. The maximum Gasteiger partial charge on any atom is 0.417 e. The highest BCUT2D eigenvalue weighted by Gasteiger charge is 2.07. The van der Waals surface area contributed by atoms with Crippen LogP contribution in [0, 0.1) is 0 Å². The van der Waals surface area contributed by atoms with Crippen LogP contribution in [0.15, 0.2) is 36.4 Å². The smallest absolute Gasteiger partial charge is 0.417 e. The molecule has 1 aromatic carbocycles. The van der Waals surface area contributed by atoms with E-state index in [1.54, 1.807) is 0 Å². The lowest BCUT2D eigenvalue weighted by Crippen LogP contribution is -2.08. The lowest BCUT2D eigenvalue weighted by molar-refractivity contribution is 0.0385. The summed E-state index contributed by atoms with van der Waals surface area (Å²) in [6, 6.07) is 11.9. The van der Waals surface area contributed by atoms with Crippen molar-refractivity contribution in [1.82, 2.24) is 4.98 Å². The molecule has 0 bridgehead atoms. The molecule has 93 valence electrons. The minimum atomic E-state index is -0.134. The van der Waals surface area contributed by atoms with Gasteiger partial charge in [0.2, 0.25) is 0 Å². The number of hydrogen-bond acceptors (Lipinski definition) is 4. The minimum Gasteiger partial charge on any atom is -0.455 e. The van der Waals surface area contributed by atoms with Crippen molar-refractivity contribution in [3.8, 4) is 0 Å². The van der Waals surface area contributed by atoms with E-state index >= 15 is 0 Å². The van der Waals surface area contributed by atoms with Gasteiger partial charge in [-0.1, -0.05) is 24.3 Å². The summed E-state index contributed by atoms with van der Waals surface area (Å²) < 4.78 is 9.95. The molecule has 1 heterocycles. The lowest BCUT2D eigenvalue weighted by Gasteiger charge is -2.12. The molecule has 0 aliphatic heterocycles.